The van der Waals surface area contributed by atoms with E-state index in [0.29, 0.717) is 34.8 Å². The lowest BCUT2D eigenvalue weighted by atomic mass is 10.3. The van der Waals surface area contributed by atoms with Crippen LogP contribution in [0.15, 0.2) is 79.8 Å². The van der Waals surface area contributed by atoms with Crippen LogP contribution >= 0.6 is 11.8 Å². The SMILES string of the molecule is COc1ccccc1NS(=O)(=O)c1ccc2oc(SCC(=O)NCc3ccco3)nc2c1. The van der Waals surface area contributed by atoms with Gasteiger partial charge < -0.3 is 18.9 Å². The van der Waals surface area contributed by atoms with Gasteiger partial charge in [0, 0.05) is 0 Å². The van der Waals surface area contributed by atoms with E-state index >= 15 is 0 Å². The molecule has 1 amide bonds. The third-order valence-electron chi connectivity index (χ3n) is 4.37. The molecule has 0 fully saturated rings. The number of oxazole rings is 1. The first-order valence-corrected chi connectivity index (χ1v) is 11.9. The fraction of sp³-hybridized carbons (Fsp3) is 0.143. The van der Waals surface area contributed by atoms with Crippen molar-refractivity contribution < 1.29 is 26.8 Å². The molecule has 2 N–H and O–H groups in total. The molecular formula is C21H19N3O6S2. The number of sulfonamides is 1. The molecule has 2 heterocycles. The standard InChI is InChI=1S/C21H19N3O6S2/c1-28-18-7-3-2-6-16(18)24-32(26,27)15-8-9-19-17(11-15)23-21(30-19)31-13-20(25)22-12-14-5-4-10-29-14/h2-11,24H,12-13H2,1H3,(H,22,25). The summed E-state index contributed by atoms with van der Waals surface area (Å²) < 4.78 is 44.1. The number of para-hydroxylation sites is 2. The van der Waals surface area contributed by atoms with Gasteiger partial charge in [0.05, 0.1) is 36.3 Å². The Bertz CT molecular complexity index is 1330. The number of rotatable bonds is 9. The van der Waals surface area contributed by atoms with Crippen LogP contribution in [0.5, 0.6) is 5.75 Å². The molecule has 0 saturated heterocycles. The van der Waals surface area contributed by atoms with Gasteiger partial charge in [-0.15, -0.1) is 0 Å². The van der Waals surface area contributed by atoms with Gasteiger partial charge >= 0.3 is 0 Å². The van der Waals surface area contributed by atoms with Gasteiger partial charge in [0.15, 0.2) is 5.58 Å². The van der Waals surface area contributed by atoms with Crippen LogP contribution in [0, 0.1) is 0 Å². The van der Waals surface area contributed by atoms with E-state index in [-0.39, 0.29) is 21.8 Å². The summed E-state index contributed by atoms with van der Waals surface area (Å²) in [6.07, 6.45) is 1.54. The number of aromatic nitrogens is 1. The zero-order valence-corrected chi connectivity index (χ0v) is 18.5. The normalized spacial score (nSPS) is 11.4. The molecular weight excluding hydrogens is 454 g/mol. The number of carbonyl (C=O) groups excluding carboxylic acids is 1. The number of thioether (sulfide) groups is 1. The number of benzene rings is 2. The molecule has 0 spiro atoms. The number of ether oxygens (including phenoxy) is 1. The molecule has 0 radical (unpaired) electrons. The fourth-order valence-electron chi connectivity index (χ4n) is 2.82. The molecule has 9 nitrogen and oxygen atoms in total. The van der Waals surface area contributed by atoms with Crippen molar-refractivity contribution in [3.8, 4) is 5.75 Å². The maximum Gasteiger partial charge on any atom is 0.262 e. The summed E-state index contributed by atoms with van der Waals surface area (Å²) in [5.41, 5.74) is 1.11. The highest BCUT2D eigenvalue weighted by Gasteiger charge is 2.19. The van der Waals surface area contributed by atoms with E-state index in [2.05, 4.69) is 15.0 Å². The number of fused-ring (bicyclic) bond motifs is 1. The molecule has 0 atom stereocenters. The Labute approximate surface area is 188 Å². The third-order valence-corrected chi connectivity index (χ3v) is 6.56. The van der Waals surface area contributed by atoms with Crippen molar-refractivity contribution in [3.05, 3.63) is 66.6 Å². The largest absolute Gasteiger partial charge is 0.495 e. The molecule has 0 aliphatic rings. The first kappa shape index (κ1) is 21.8. The number of carbonyl (C=O) groups is 1. The van der Waals surface area contributed by atoms with E-state index < -0.39 is 10.0 Å². The van der Waals surface area contributed by atoms with E-state index in [1.54, 1.807) is 36.4 Å². The summed E-state index contributed by atoms with van der Waals surface area (Å²) in [6.45, 7) is 0.292. The average Bonchev–Trinajstić information content (AvgIpc) is 3.45. The molecule has 11 heteroatoms. The van der Waals surface area contributed by atoms with Crippen molar-refractivity contribution in [2.45, 2.75) is 16.7 Å². The minimum atomic E-state index is -3.87. The van der Waals surface area contributed by atoms with Crippen LogP contribution in [-0.2, 0) is 21.4 Å². The van der Waals surface area contributed by atoms with Crippen LogP contribution in [-0.4, -0.2) is 32.2 Å². The molecule has 4 rings (SSSR count). The van der Waals surface area contributed by atoms with Gasteiger partial charge in [-0.1, -0.05) is 23.9 Å². The van der Waals surface area contributed by atoms with Crippen LogP contribution in [0.2, 0.25) is 0 Å². The van der Waals surface area contributed by atoms with Crippen LogP contribution in [0.4, 0.5) is 5.69 Å². The highest BCUT2D eigenvalue weighted by molar-refractivity contribution is 7.99. The minimum Gasteiger partial charge on any atom is -0.495 e. The maximum absolute atomic E-state index is 12.8. The van der Waals surface area contributed by atoms with Gasteiger partial charge in [-0.3, -0.25) is 9.52 Å². The van der Waals surface area contributed by atoms with Crippen LogP contribution in [0.3, 0.4) is 0 Å². The topological polar surface area (TPSA) is 124 Å². The number of nitrogens with one attached hydrogen (secondary N) is 2. The maximum atomic E-state index is 12.8. The molecule has 2 aromatic carbocycles. The lowest BCUT2D eigenvalue weighted by Crippen LogP contribution is -2.24. The number of furan rings is 1. The summed E-state index contributed by atoms with van der Waals surface area (Å²) in [6, 6.07) is 14.6. The van der Waals surface area contributed by atoms with Gasteiger partial charge in [0.1, 0.15) is 17.0 Å². The first-order chi connectivity index (χ1) is 15.4. The van der Waals surface area contributed by atoms with E-state index in [1.807, 2.05) is 0 Å². The van der Waals surface area contributed by atoms with Gasteiger partial charge in [-0.2, -0.15) is 0 Å². The molecule has 32 heavy (non-hydrogen) atoms. The second kappa shape index (κ2) is 9.37. The Morgan fingerprint density at radius 3 is 2.78 bits per heavy atom. The number of nitrogens with zero attached hydrogens (tertiary/aromatic N) is 1. The van der Waals surface area contributed by atoms with Crippen molar-refractivity contribution in [1.29, 1.82) is 0 Å². The Morgan fingerprint density at radius 2 is 2.00 bits per heavy atom. The lowest BCUT2D eigenvalue weighted by Gasteiger charge is -2.11. The summed E-state index contributed by atoms with van der Waals surface area (Å²) in [5, 5.41) is 2.99. The molecule has 0 aliphatic carbocycles. The smallest absolute Gasteiger partial charge is 0.262 e. The van der Waals surface area contributed by atoms with Gasteiger partial charge in [0.2, 0.25) is 5.91 Å². The Morgan fingerprint density at radius 1 is 1.16 bits per heavy atom. The summed E-state index contributed by atoms with van der Waals surface area (Å²) in [7, 11) is -2.41. The van der Waals surface area contributed by atoms with E-state index in [9.17, 15) is 13.2 Å². The number of hydrogen-bond donors (Lipinski definition) is 2. The van der Waals surface area contributed by atoms with Gasteiger partial charge in [-0.25, -0.2) is 13.4 Å². The minimum absolute atomic E-state index is 0.0250. The predicted molar refractivity (Wildman–Crippen MR) is 119 cm³/mol. The van der Waals surface area contributed by atoms with Crippen molar-refractivity contribution in [2.75, 3.05) is 17.6 Å². The van der Waals surface area contributed by atoms with Crippen molar-refractivity contribution in [1.82, 2.24) is 10.3 Å². The number of hydrogen-bond acceptors (Lipinski definition) is 8. The molecule has 0 saturated carbocycles. The quantitative estimate of drug-likeness (QED) is 0.353. The summed E-state index contributed by atoms with van der Waals surface area (Å²) >= 11 is 1.11. The zero-order valence-electron chi connectivity index (χ0n) is 16.9. The van der Waals surface area contributed by atoms with Crippen LogP contribution in [0.25, 0.3) is 11.1 Å². The highest BCUT2D eigenvalue weighted by atomic mass is 32.2. The average molecular weight is 474 g/mol. The Kier molecular flexibility index (Phi) is 6.37. The summed E-state index contributed by atoms with van der Waals surface area (Å²) in [5.74, 6) is 0.940. The zero-order chi connectivity index (χ0) is 22.6. The third kappa shape index (κ3) is 5.06. The molecule has 4 aromatic rings. The molecule has 2 aromatic heterocycles. The van der Waals surface area contributed by atoms with Crippen LogP contribution in [0.1, 0.15) is 5.76 Å². The first-order valence-electron chi connectivity index (χ1n) is 9.43. The summed E-state index contributed by atoms with van der Waals surface area (Å²) in [4.78, 5) is 16.3. The highest BCUT2D eigenvalue weighted by Crippen LogP contribution is 2.29. The number of anilines is 1. The fourth-order valence-corrected chi connectivity index (χ4v) is 4.58. The molecule has 0 aliphatic heterocycles. The lowest BCUT2D eigenvalue weighted by molar-refractivity contribution is -0.118. The Hall–Kier alpha value is -3.44. The predicted octanol–water partition coefficient (Wildman–Crippen LogP) is 3.64. The van der Waals surface area contributed by atoms with E-state index in [4.69, 9.17) is 13.6 Å². The molecule has 0 bridgehead atoms. The van der Waals surface area contributed by atoms with Gasteiger partial charge in [-0.05, 0) is 42.5 Å². The van der Waals surface area contributed by atoms with E-state index in [1.165, 1.54) is 31.6 Å². The van der Waals surface area contributed by atoms with Crippen molar-refractivity contribution >= 4 is 44.5 Å². The molecule has 0 unspecified atom stereocenters. The van der Waals surface area contributed by atoms with Crippen LogP contribution < -0.4 is 14.8 Å². The Balaban J connectivity index is 1.43. The number of methoxy groups -OCH3 is 1. The second-order valence-electron chi connectivity index (χ2n) is 6.56. The number of amides is 1. The monoisotopic (exact) mass is 473 g/mol. The van der Waals surface area contributed by atoms with E-state index in [0.717, 1.165) is 11.8 Å². The van der Waals surface area contributed by atoms with Crippen molar-refractivity contribution in [2.24, 2.45) is 0 Å². The molecule has 166 valence electrons. The second-order valence-corrected chi connectivity index (χ2v) is 9.17. The van der Waals surface area contributed by atoms with Gasteiger partial charge in [0.25, 0.3) is 15.2 Å². The van der Waals surface area contributed by atoms with Crippen molar-refractivity contribution in [3.63, 3.8) is 0 Å².